The maximum atomic E-state index is 12.5. The molecule has 2 aromatic rings. The van der Waals surface area contributed by atoms with Gasteiger partial charge in [-0.1, -0.05) is 35.7 Å². The van der Waals surface area contributed by atoms with Crippen LogP contribution in [0.25, 0.3) is 0 Å². The van der Waals surface area contributed by atoms with Gasteiger partial charge in [0.25, 0.3) is 5.91 Å². The van der Waals surface area contributed by atoms with Crippen LogP contribution in [-0.4, -0.2) is 40.0 Å². The number of aryl methyl sites for hydroxylation is 2. The number of fused-ring (bicyclic) bond motifs is 1. The van der Waals surface area contributed by atoms with Crippen LogP contribution in [0.3, 0.4) is 0 Å². The standard InChI is InChI=1S/C18H21N3O3S/c1-3-14-17(25-20-19-14)18(23)24-11-16(22)21(2)15-10-6-8-12-7-4-5-9-13(12)15/h4-5,7,9,15H,3,6,8,10-11H2,1-2H3. The first-order valence-corrected chi connectivity index (χ1v) is 9.21. The van der Waals surface area contributed by atoms with E-state index in [0.29, 0.717) is 17.0 Å². The lowest BCUT2D eigenvalue weighted by Gasteiger charge is -2.33. The van der Waals surface area contributed by atoms with Gasteiger partial charge in [0, 0.05) is 7.05 Å². The van der Waals surface area contributed by atoms with Gasteiger partial charge in [-0.2, -0.15) is 0 Å². The van der Waals surface area contributed by atoms with Crippen LogP contribution < -0.4 is 0 Å². The second-order valence-corrected chi connectivity index (χ2v) is 6.84. The molecule has 1 heterocycles. The number of rotatable bonds is 5. The quantitative estimate of drug-likeness (QED) is 0.768. The number of likely N-dealkylation sites (N-methyl/N-ethyl adjacent to an activating group) is 1. The molecule has 1 amide bonds. The summed E-state index contributed by atoms with van der Waals surface area (Å²) in [5.41, 5.74) is 3.09. The third-order valence-electron chi connectivity index (χ3n) is 4.60. The van der Waals surface area contributed by atoms with E-state index in [9.17, 15) is 9.59 Å². The fraction of sp³-hybridized carbons (Fsp3) is 0.444. The molecule has 1 atom stereocenters. The van der Waals surface area contributed by atoms with Crippen LogP contribution in [0.5, 0.6) is 0 Å². The number of benzene rings is 1. The lowest BCUT2D eigenvalue weighted by atomic mass is 9.87. The van der Waals surface area contributed by atoms with E-state index in [0.717, 1.165) is 30.8 Å². The molecule has 1 aliphatic rings. The number of nitrogens with zero attached hydrogens (tertiary/aromatic N) is 3. The molecule has 0 aliphatic heterocycles. The number of hydrogen-bond acceptors (Lipinski definition) is 6. The van der Waals surface area contributed by atoms with Crippen molar-refractivity contribution >= 4 is 23.4 Å². The van der Waals surface area contributed by atoms with Gasteiger partial charge in [-0.05, 0) is 48.3 Å². The van der Waals surface area contributed by atoms with E-state index in [4.69, 9.17) is 4.74 Å². The number of amides is 1. The van der Waals surface area contributed by atoms with Crippen molar-refractivity contribution in [2.75, 3.05) is 13.7 Å². The molecule has 132 valence electrons. The lowest BCUT2D eigenvalue weighted by molar-refractivity contribution is -0.135. The average molecular weight is 359 g/mol. The minimum atomic E-state index is -0.530. The Labute approximate surface area is 151 Å². The first-order chi connectivity index (χ1) is 12.1. The summed E-state index contributed by atoms with van der Waals surface area (Å²) >= 11 is 1.00. The smallest absolute Gasteiger partial charge is 0.352 e. The zero-order valence-corrected chi connectivity index (χ0v) is 15.2. The monoisotopic (exact) mass is 359 g/mol. The second kappa shape index (κ2) is 7.74. The highest BCUT2D eigenvalue weighted by atomic mass is 32.1. The summed E-state index contributed by atoms with van der Waals surface area (Å²) in [4.78, 5) is 26.7. The van der Waals surface area contributed by atoms with E-state index in [1.54, 1.807) is 11.9 Å². The third kappa shape index (κ3) is 3.71. The molecule has 25 heavy (non-hydrogen) atoms. The van der Waals surface area contributed by atoms with Gasteiger partial charge in [-0.25, -0.2) is 4.79 Å². The molecule has 0 saturated heterocycles. The van der Waals surface area contributed by atoms with Crippen molar-refractivity contribution in [1.29, 1.82) is 0 Å². The number of carbonyl (C=O) groups is 2. The first kappa shape index (κ1) is 17.5. The minimum Gasteiger partial charge on any atom is -0.451 e. The maximum absolute atomic E-state index is 12.5. The summed E-state index contributed by atoms with van der Waals surface area (Å²) in [6.45, 7) is 1.63. The highest BCUT2D eigenvalue weighted by Crippen LogP contribution is 2.33. The molecular formula is C18H21N3O3S. The van der Waals surface area contributed by atoms with Crippen molar-refractivity contribution in [3.8, 4) is 0 Å². The summed E-state index contributed by atoms with van der Waals surface area (Å²) in [5.74, 6) is -0.733. The van der Waals surface area contributed by atoms with E-state index in [-0.39, 0.29) is 18.6 Å². The van der Waals surface area contributed by atoms with Crippen molar-refractivity contribution < 1.29 is 14.3 Å². The summed E-state index contributed by atoms with van der Waals surface area (Å²) in [6, 6.07) is 8.25. The first-order valence-electron chi connectivity index (χ1n) is 8.43. The Balaban J connectivity index is 1.63. The molecule has 0 spiro atoms. The van der Waals surface area contributed by atoms with Gasteiger partial charge in [-0.15, -0.1) is 5.10 Å². The predicted molar refractivity (Wildman–Crippen MR) is 94.5 cm³/mol. The Hall–Kier alpha value is -2.28. The van der Waals surface area contributed by atoms with Crippen LogP contribution in [0.1, 0.15) is 52.3 Å². The SMILES string of the molecule is CCc1nnsc1C(=O)OCC(=O)N(C)C1CCCc2ccccc21. The van der Waals surface area contributed by atoms with Crippen LogP contribution >= 0.6 is 11.5 Å². The van der Waals surface area contributed by atoms with Crippen LogP contribution in [-0.2, 0) is 22.4 Å². The zero-order chi connectivity index (χ0) is 17.8. The fourth-order valence-corrected chi connectivity index (χ4v) is 3.84. The van der Waals surface area contributed by atoms with Gasteiger partial charge in [0.1, 0.15) is 0 Å². The number of hydrogen-bond donors (Lipinski definition) is 0. The molecule has 0 radical (unpaired) electrons. The van der Waals surface area contributed by atoms with Crippen LogP contribution in [0.4, 0.5) is 0 Å². The molecule has 1 aromatic carbocycles. The Bertz CT molecular complexity index is 774. The molecule has 1 aliphatic carbocycles. The molecule has 3 rings (SSSR count). The topological polar surface area (TPSA) is 72.4 Å². The highest BCUT2D eigenvalue weighted by molar-refractivity contribution is 7.07. The van der Waals surface area contributed by atoms with Gasteiger partial charge in [0.2, 0.25) is 0 Å². The largest absolute Gasteiger partial charge is 0.451 e. The van der Waals surface area contributed by atoms with Crippen LogP contribution in [0.15, 0.2) is 24.3 Å². The lowest BCUT2D eigenvalue weighted by Crippen LogP contribution is -2.36. The number of aromatic nitrogens is 2. The average Bonchev–Trinajstić information content (AvgIpc) is 3.13. The van der Waals surface area contributed by atoms with Gasteiger partial charge in [-0.3, -0.25) is 4.79 Å². The Morgan fingerprint density at radius 1 is 1.36 bits per heavy atom. The van der Waals surface area contributed by atoms with Crippen molar-refractivity contribution in [3.05, 3.63) is 46.0 Å². The Kier molecular flexibility index (Phi) is 5.43. The van der Waals surface area contributed by atoms with Crippen molar-refractivity contribution in [1.82, 2.24) is 14.5 Å². The molecule has 1 unspecified atom stereocenters. The zero-order valence-electron chi connectivity index (χ0n) is 14.4. The highest BCUT2D eigenvalue weighted by Gasteiger charge is 2.27. The molecule has 0 N–H and O–H groups in total. The minimum absolute atomic E-state index is 0.0347. The van der Waals surface area contributed by atoms with Crippen molar-refractivity contribution in [3.63, 3.8) is 0 Å². The summed E-state index contributed by atoms with van der Waals surface area (Å²) in [5, 5.41) is 3.89. The molecule has 7 heteroatoms. The normalized spacial score (nSPS) is 16.2. The number of esters is 1. The number of ether oxygens (including phenoxy) is 1. The van der Waals surface area contributed by atoms with E-state index in [1.165, 1.54) is 11.1 Å². The van der Waals surface area contributed by atoms with E-state index in [2.05, 4.69) is 21.7 Å². The summed E-state index contributed by atoms with van der Waals surface area (Å²) < 4.78 is 8.96. The van der Waals surface area contributed by atoms with E-state index < -0.39 is 5.97 Å². The molecule has 1 aromatic heterocycles. The molecule has 6 nitrogen and oxygen atoms in total. The molecular weight excluding hydrogens is 338 g/mol. The number of carbonyl (C=O) groups excluding carboxylic acids is 2. The van der Waals surface area contributed by atoms with Crippen molar-refractivity contribution in [2.24, 2.45) is 0 Å². The summed E-state index contributed by atoms with van der Waals surface area (Å²) in [7, 11) is 1.77. The van der Waals surface area contributed by atoms with E-state index in [1.807, 2.05) is 19.1 Å². The van der Waals surface area contributed by atoms with Gasteiger partial charge >= 0.3 is 5.97 Å². The van der Waals surface area contributed by atoms with Gasteiger partial charge < -0.3 is 9.64 Å². The van der Waals surface area contributed by atoms with Crippen LogP contribution in [0.2, 0.25) is 0 Å². The summed E-state index contributed by atoms with van der Waals surface area (Å²) in [6.07, 6.45) is 3.62. The second-order valence-electron chi connectivity index (χ2n) is 6.09. The third-order valence-corrected chi connectivity index (χ3v) is 5.35. The van der Waals surface area contributed by atoms with E-state index >= 15 is 0 Å². The predicted octanol–water partition coefficient (Wildman–Crippen LogP) is 2.79. The van der Waals surface area contributed by atoms with Crippen LogP contribution in [0, 0.1) is 0 Å². The fourth-order valence-electron chi connectivity index (χ4n) is 3.19. The molecule has 0 bridgehead atoms. The Morgan fingerprint density at radius 3 is 2.96 bits per heavy atom. The van der Waals surface area contributed by atoms with Gasteiger partial charge in [0.15, 0.2) is 11.5 Å². The maximum Gasteiger partial charge on any atom is 0.352 e. The molecule has 0 saturated carbocycles. The Morgan fingerprint density at radius 2 is 2.16 bits per heavy atom. The molecule has 0 fully saturated rings. The van der Waals surface area contributed by atoms with Gasteiger partial charge in [0.05, 0.1) is 11.7 Å². The van der Waals surface area contributed by atoms with Crippen molar-refractivity contribution in [2.45, 2.75) is 38.6 Å².